The van der Waals surface area contributed by atoms with Crippen LogP contribution in [0.25, 0.3) is 0 Å². The molecule has 1 amide bonds. The summed E-state index contributed by atoms with van der Waals surface area (Å²) in [4.78, 5) is 28.2. The van der Waals surface area contributed by atoms with E-state index in [1.807, 2.05) is 19.1 Å². The molecular formula is C23H24BClN2O4. The van der Waals surface area contributed by atoms with Crippen molar-refractivity contribution in [1.82, 2.24) is 4.90 Å². The van der Waals surface area contributed by atoms with Crippen molar-refractivity contribution < 1.29 is 19.1 Å². The van der Waals surface area contributed by atoms with Gasteiger partial charge in [-0.25, -0.2) is 9.59 Å². The number of hydrogen-bond acceptors (Lipinski definition) is 5. The van der Waals surface area contributed by atoms with Crippen molar-refractivity contribution in [3.8, 4) is 0 Å². The molecule has 31 heavy (non-hydrogen) atoms. The third-order valence-corrected chi connectivity index (χ3v) is 6.58. The molecule has 160 valence electrons. The monoisotopic (exact) mass is 438 g/mol. The van der Waals surface area contributed by atoms with E-state index in [4.69, 9.17) is 28.9 Å². The smallest absolute Gasteiger partial charge is 0.415 e. The number of anilines is 1. The molecule has 2 radical (unpaired) electrons. The predicted molar refractivity (Wildman–Crippen MR) is 120 cm³/mol. The molecule has 0 atom stereocenters. The van der Waals surface area contributed by atoms with Gasteiger partial charge in [-0.15, -0.1) is 0 Å². The molecule has 2 aliphatic rings. The summed E-state index contributed by atoms with van der Waals surface area (Å²) in [6.07, 6.45) is 1.16. The van der Waals surface area contributed by atoms with Gasteiger partial charge in [0, 0.05) is 43.2 Å². The van der Waals surface area contributed by atoms with E-state index >= 15 is 0 Å². The van der Waals surface area contributed by atoms with Gasteiger partial charge in [0.2, 0.25) is 0 Å². The Hall–Kier alpha value is -2.51. The summed E-state index contributed by atoms with van der Waals surface area (Å²) in [5.74, 6) is -0.406. The second-order valence-corrected chi connectivity index (χ2v) is 8.65. The summed E-state index contributed by atoms with van der Waals surface area (Å²) in [6.45, 7) is 4.80. The van der Waals surface area contributed by atoms with Gasteiger partial charge in [-0.1, -0.05) is 23.1 Å². The molecule has 2 heterocycles. The number of esters is 1. The molecule has 0 aliphatic carbocycles. The first-order valence-electron chi connectivity index (χ1n) is 10.3. The quantitative estimate of drug-likeness (QED) is 0.542. The van der Waals surface area contributed by atoms with E-state index in [0.29, 0.717) is 28.3 Å². The number of carbonyl (C=O) groups is 2. The van der Waals surface area contributed by atoms with Crippen LogP contribution in [0.2, 0.25) is 5.02 Å². The molecule has 0 aromatic heterocycles. The normalized spacial score (nSPS) is 18.3. The van der Waals surface area contributed by atoms with Gasteiger partial charge < -0.3 is 9.47 Å². The maximum Gasteiger partial charge on any atom is 0.415 e. The van der Waals surface area contributed by atoms with Crippen LogP contribution in [-0.4, -0.2) is 57.2 Å². The van der Waals surface area contributed by atoms with Gasteiger partial charge in [0.1, 0.15) is 13.4 Å². The minimum atomic E-state index is -0.488. The Bertz CT molecular complexity index is 980. The third-order valence-electron chi connectivity index (χ3n) is 6.19. The highest BCUT2D eigenvalue weighted by Gasteiger charge is 2.47. The van der Waals surface area contributed by atoms with Gasteiger partial charge in [0.15, 0.2) is 0 Å². The van der Waals surface area contributed by atoms with Crippen LogP contribution in [0.15, 0.2) is 36.4 Å². The van der Waals surface area contributed by atoms with Crippen LogP contribution >= 0.6 is 11.6 Å². The number of nitrogens with zero attached hydrogens (tertiary/aromatic N) is 2. The number of halogens is 1. The summed E-state index contributed by atoms with van der Waals surface area (Å²) >= 11 is 6.27. The van der Waals surface area contributed by atoms with Crippen LogP contribution in [0, 0.1) is 6.92 Å². The second kappa shape index (κ2) is 8.56. The molecule has 6 nitrogen and oxygen atoms in total. The number of likely N-dealkylation sites (tertiary alicyclic amines) is 1. The Labute approximate surface area is 188 Å². The minimum Gasteiger partial charge on any atom is -0.465 e. The van der Waals surface area contributed by atoms with Crippen molar-refractivity contribution in [3.05, 3.63) is 58.1 Å². The zero-order chi connectivity index (χ0) is 22.2. The number of ether oxygens (including phenoxy) is 2. The fraction of sp³-hybridized carbons (Fsp3) is 0.391. The van der Waals surface area contributed by atoms with Crippen LogP contribution in [0.3, 0.4) is 0 Å². The topological polar surface area (TPSA) is 59.1 Å². The molecule has 1 spiro atoms. The predicted octanol–water partition coefficient (Wildman–Crippen LogP) is 3.22. The first kappa shape index (κ1) is 21.7. The number of carbonyl (C=O) groups excluding carboxylic acids is 2. The van der Waals surface area contributed by atoms with Crippen LogP contribution < -0.4 is 10.4 Å². The number of methoxy groups -OCH3 is 1. The average Bonchev–Trinajstić information content (AvgIpc) is 3.09. The SMILES string of the molecule is [B]c1cc(CN2CCC3(CC2)CN(c2ccc(C(=O)OC)cc2)C(=O)O3)cc(Cl)c1C. The van der Waals surface area contributed by atoms with Crippen molar-refractivity contribution in [2.45, 2.75) is 31.9 Å². The maximum absolute atomic E-state index is 12.6. The Morgan fingerprint density at radius 1 is 1.23 bits per heavy atom. The van der Waals surface area contributed by atoms with Crippen molar-refractivity contribution in [1.29, 1.82) is 0 Å². The van der Waals surface area contributed by atoms with E-state index in [-0.39, 0.29) is 6.09 Å². The van der Waals surface area contributed by atoms with Gasteiger partial charge in [-0.05, 0) is 48.4 Å². The van der Waals surface area contributed by atoms with E-state index < -0.39 is 11.6 Å². The molecule has 2 fully saturated rings. The number of piperidine rings is 1. The van der Waals surface area contributed by atoms with Crippen molar-refractivity contribution >= 4 is 42.7 Å². The lowest BCUT2D eigenvalue weighted by atomic mass is 9.88. The van der Waals surface area contributed by atoms with Gasteiger partial charge in [0.05, 0.1) is 19.2 Å². The molecule has 2 aliphatic heterocycles. The van der Waals surface area contributed by atoms with E-state index in [1.54, 1.807) is 29.2 Å². The summed E-state index contributed by atoms with van der Waals surface area (Å²) in [7, 11) is 7.39. The first-order valence-corrected chi connectivity index (χ1v) is 10.6. The highest BCUT2D eigenvalue weighted by Crippen LogP contribution is 2.36. The van der Waals surface area contributed by atoms with E-state index in [1.165, 1.54) is 7.11 Å². The van der Waals surface area contributed by atoms with E-state index in [0.717, 1.165) is 43.6 Å². The molecule has 2 saturated heterocycles. The van der Waals surface area contributed by atoms with Gasteiger partial charge in [-0.3, -0.25) is 9.80 Å². The summed E-state index contributed by atoms with van der Waals surface area (Å²) in [5.41, 5.74) is 3.36. The fourth-order valence-electron chi connectivity index (χ4n) is 4.20. The standard InChI is InChI=1S/C23H24BClN2O4/c1-15-19(24)11-16(12-20(15)25)13-26-9-7-23(8-10-26)14-27(22(29)31-23)18-5-3-17(4-6-18)21(28)30-2/h3-6,11-12H,7-10,13-14H2,1-2H3. The summed E-state index contributed by atoms with van der Waals surface area (Å²) < 4.78 is 10.6. The Balaban J connectivity index is 1.39. The molecule has 4 rings (SSSR count). The molecule has 2 aromatic carbocycles. The lowest BCUT2D eigenvalue weighted by Gasteiger charge is -2.37. The molecule has 0 bridgehead atoms. The molecule has 8 heteroatoms. The highest BCUT2D eigenvalue weighted by molar-refractivity contribution is 6.37. The Morgan fingerprint density at radius 3 is 2.52 bits per heavy atom. The molecule has 0 saturated carbocycles. The number of hydrogen-bond donors (Lipinski definition) is 0. The molecule has 0 unspecified atom stereocenters. The third kappa shape index (κ3) is 4.43. The summed E-state index contributed by atoms with van der Waals surface area (Å²) in [6, 6.07) is 10.7. The largest absolute Gasteiger partial charge is 0.465 e. The summed E-state index contributed by atoms with van der Waals surface area (Å²) in [5, 5.41) is 0.682. The van der Waals surface area contributed by atoms with E-state index in [2.05, 4.69) is 4.90 Å². The minimum absolute atomic E-state index is 0.350. The van der Waals surface area contributed by atoms with Crippen LogP contribution in [0.1, 0.15) is 34.3 Å². The molecular weight excluding hydrogens is 415 g/mol. The Morgan fingerprint density at radius 2 is 1.90 bits per heavy atom. The van der Waals surface area contributed by atoms with Crippen molar-refractivity contribution in [2.75, 3.05) is 31.6 Å². The molecule has 2 aromatic rings. The van der Waals surface area contributed by atoms with Gasteiger partial charge in [-0.2, -0.15) is 0 Å². The molecule has 0 N–H and O–H groups in total. The lowest BCUT2D eigenvalue weighted by molar-refractivity contribution is -0.000974. The van der Waals surface area contributed by atoms with Gasteiger partial charge in [0.25, 0.3) is 0 Å². The van der Waals surface area contributed by atoms with Crippen molar-refractivity contribution in [3.63, 3.8) is 0 Å². The van der Waals surface area contributed by atoms with Crippen molar-refractivity contribution in [2.24, 2.45) is 0 Å². The number of rotatable bonds is 4. The van der Waals surface area contributed by atoms with Gasteiger partial charge >= 0.3 is 12.1 Å². The number of amides is 1. The number of benzene rings is 2. The fourth-order valence-corrected chi connectivity index (χ4v) is 4.45. The Kier molecular flexibility index (Phi) is 5.99. The zero-order valence-corrected chi connectivity index (χ0v) is 18.4. The second-order valence-electron chi connectivity index (χ2n) is 8.24. The average molecular weight is 439 g/mol. The lowest BCUT2D eigenvalue weighted by Crippen LogP contribution is -2.46. The highest BCUT2D eigenvalue weighted by atomic mass is 35.5. The maximum atomic E-state index is 12.6. The van der Waals surface area contributed by atoms with Crippen LogP contribution in [0.4, 0.5) is 10.5 Å². The van der Waals surface area contributed by atoms with E-state index in [9.17, 15) is 9.59 Å². The zero-order valence-electron chi connectivity index (χ0n) is 17.7. The van der Waals surface area contributed by atoms with Crippen LogP contribution in [-0.2, 0) is 16.0 Å². The first-order chi connectivity index (χ1) is 14.8. The van der Waals surface area contributed by atoms with Crippen LogP contribution in [0.5, 0.6) is 0 Å².